The summed E-state index contributed by atoms with van der Waals surface area (Å²) in [5.74, 6) is 0.903. The van der Waals surface area contributed by atoms with Gasteiger partial charge >= 0.3 is 6.03 Å². The Morgan fingerprint density at radius 2 is 1.71 bits per heavy atom. The van der Waals surface area contributed by atoms with E-state index < -0.39 is 6.03 Å². The minimum atomic E-state index is -0.560. The highest BCUT2D eigenvalue weighted by Gasteiger charge is 2.21. The van der Waals surface area contributed by atoms with Crippen LogP contribution in [0.15, 0.2) is 36.4 Å². The van der Waals surface area contributed by atoms with Crippen molar-refractivity contribution >= 4 is 23.3 Å². The number of urea groups is 1. The Bertz CT molecular complexity index is 970. The van der Waals surface area contributed by atoms with Crippen molar-refractivity contribution in [3.63, 3.8) is 0 Å². The smallest absolute Gasteiger partial charge is 0.325 e. The minimum absolute atomic E-state index is 0.190. The lowest BCUT2D eigenvalue weighted by Crippen LogP contribution is -2.50. The molecule has 0 spiro atoms. The summed E-state index contributed by atoms with van der Waals surface area (Å²) in [5, 5.41) is 5.07. The van der Waals surface area contributed by atoms with Crippen molar-refractivity contribution in [2.24, 2.45) is 0 Å². The Morgan fingerprint density at radius 3 is 2.48 bits per heavy atom. The molecule has 2 aliphatic rings. The molecule has 2 heterocycles. The van der Waals surface area contributed by atoms with E-state index in [-0.39, 0.29) is 12.5 Å². The molecule has 0 radical (unpaired) electrons. The molecule has 2 aromatic carbocycles. The molecule has 0 bridgehead atoms. The van der Waals surface area contributed by atoms with Crippen molar-refractivity contribution < 1.29 is 19.1 Å². The Morgan fingerprint density at radius 1 is 0.968 bits per heavy atom. The largest absolute Gasteiger partial charge is 0.486 e. The lowest BCUT2D eigenvalue weighted by Gasteiger charge is -2.36. The molecule has 2 aromatic rings. The third kappa shape index (κ3) is 5.08. The van der Waals surface area contributed by atoms with Gasteiger partial charge in [0.2, 0.25) is 5.91 Å². The van der Waals surface area contributed by atoms with Crippen LogP contribution in [0, 0.1) is 13.8 Å². The number of carbonyl (C=O) groups excluding carboxylic acids is 2. The van der Waals surface area contributed by atoms with E-state index >= 15 is 0 Å². The lowest BCUT2D eigenvalue weighted by molar-refractivity contribution is -0.121. The highest BCUT2D eigenvalue weighted by molar-refractivity contribution is 6.01. The number of imide groups is 1. The number of amides is 3. The Labute approximate surface area is 182 Å². The highest BCUT2D eigenvalue weighted by Crippen LogP contribution is 2.32. The Hall–Kier alpha value is -3.26. The van der Waals surface area contributed by atoms with Gasteiger partial charge in [-0.15, -0.1) is 0 Å². The first-order valence-corrected chi connectivity index (χ1v) is 10.5. The van der Waals surface area contributed by atoms with Crippen LogP contribution in [0.3, 0.4) is 0 Å². The quantitative estimate of drug-likeness (QED) is 0.785. The molecular formula is C23H28N4O4. The summed E-state index contributed by atoms with van der Waals surface area (Å²) in [7, 11) is 0. The van der Waals surface area contributed by atoms with Gasteiger partial charge in [-0.2, -0.15) is 0 Å². The van der Waals surface area contributed by atoms with Gasteiger partial charge in [-0.3, -0.25) is 15.0 Å². The maximum absolute atomic E-state index is 12.3. The average Bonchev–Trinajstić information content (AvgIpc) is 2.76. The number of ether oxygens (including phenoxy) is 2. The number of piperazine rings is 1. The summed E-state index contributed by atoms with van der Waals surface area (Å²) in [6.45, 7) is 8.66. The number of hydrogen-bond acceptors (Lipinski definition) is 6. The molecule has 31 heavy (non-hydrogen) atoms. The van der Waals surface area contributed by atoms with Gasteiger partial charge in [-0.1, -0.05) is 12.1 Å². The van der Waals surface area contributed by atoms with E-state index in [4.69, 9.17) is 9.47 Å². The molecule has 0 unspecified atom stereocenters. The van der Waals surface area contributed by atoms with Crippen molar-refractivity contribution in [3.8, 4) is 11.5 Å². The third-order valence-electron chi connectivity index (χ3n) is 5.71. The first kappa shape index (κ1) is 21.0. The molecule has 8 nitrogen and oxygen atoms in total. The summed E-state index contributed by atoms with van der Waals surface area (Å²) < 4.78 is 11.0. The summed E-state index contributed by atoms with van der Waals surface area (Å²) in [6.07, 6.45) is 0. The summed E-state index contributed by atoms with van der Waals surface area (Å²) in [5.41, 5.74) is 4.37. The van der Waals surface area contributed by atoms with E-state index in [1.807, 2.05) is 0 Å². The number of rotatable bonds is 4. The van der Waals surface area contributed by atoms with E-state index in [9.17, 15) is 9.59 Å². The zero-order valence-corrected chi connectivity index (χ0v) is 17.9. The van der Waals surface area contributed by atoms with Gasteiger partial charge in [0.1, 0.15) is 13.2 Å². The zero-order chi connectivity index (χ0) is 21.8. The lowest BCUT2D eigenvalue weighted by atomic mass is 10.1. The van der Waals surface area contributed by atoms with Gasteiger partial charge < -0.3 is 19.7 Å². The van der Waals surface area contributed by atoms with Crippen molar-refractivity contribution in [3.05, 3.63) is 47.5 Å². The standard InChI is InChI=1S/C23H28N4O4/c1-16-4-3-5-19(17(16)2)27-10-8-26(9-11-27)15-22(28)25-23(29)24-18-6-7-20-21(14-18)31-13-12-30-20/h3-7,14H,8-13,15H2,1-2H3,(H2,24,25,28,29). The SMILES string of the molecule is Cc1cccc(N2CCN(CC(=O)NC(=O)Nc3ccc4c(c3)OCCO4)CC2)c1C. The number of benzene rings is 2. The van der Waals surface area contributed by atoms with Crippen LogP contribution in [0.1, 0.15) is 11.1 Å². The van der Waals surface area contributed by atoms with Gasteiger partial charge in [0.15, 0.2) is 11.5 Å². The van der Waals surface area contributed by atoms with Gasteiger partial charge in [0.05, 0.1) is 6.54 Å². The molecule has 1 saturated heterocycles. The second-order valence-corrected chi connectivity index (χ2v) is 7.84. The monoisotopic (exact) mass is 424 g/mol. The van der Waals surface area contributed by atoms with E-state index in [2.05, 4.69) is 52.5 Å². The average molecular weight is 425 g/mol. The van der Waals surface area contributed by atoms with Gasteiger partial charge in [0.25, 0.3) is 0 Å². The Kier molecular flexibility index (Phi) is 6.27. The third-order valence-corrected chi connectivity index (χ3v) is 5.71. The topological polar surface area (TPSA) is 83.1 Å². The van der Waals surface area contributed by atoms with Crippen LogP contribution < -0.4 is 25.0 Å². The van der Waals surface area contributed by atoms with E-state index in [0.717, 1.165) is 26.2 Å². The number of anilines is 2. The minimum Gasteiger partial charge on any atom is -0.486 e. The number of aryl methyl sites for hydroxylation is 1. The maximum Gasteiger partial charge on any atom is 0.325 e. The number of nitrogens with one attached hydrogen (secondary N) is 2. The molecular weight excluding hydrogens is 396 g/mol. The van der Waals surface area contributed by atoms with Gasteiger partial charge in [0, 0.05) is 43.6 Å². The van der Waals surface area contributed by atoms with E-state index in [1.165, 1.54) is 16.8 Å². The van der Waals surface area contributed by atoms with Crippen LogP contribution in [-0.4, -0.2) is 62.8 Å². The molecule has 0 atom stereocenters. The van der Waals surface area contributed by atoms with Gasteiger partial charge in [-0.05, 0) is 43.2 Å². The maximum atomic E-state index is 12.3. The molecule has 3 amide bonds. The van der Waals surface area contributed by atoms with Crippen LogP contribution in [0.5, 0.6) is 11.5 Å². The number of carbonyl (C=O) groups is 2. The molecule has 4 rings (SSSR count). The van der Waals surface area contributed by atoms with Crippen molar-refractivity contribution in [1.82, 2.24) is 10.2 Å². The molecule has 8 heteroatoms. The Balaban J connectivity index is 1.24. The molecule has 0 saturated carbocycles. The number of nitrogens with zero attached hydrogens (tertiary/aromatic N) is 2. The fraction of sp³-hybridized carbons (Fsp3) is 0.391. The molecule has 2 aliphatic heterocycles. The first-order chi connectivity index (χ1) is 15.0. The molecule has 0 aliphatic carbocycles. The second-order valence-electron chi connectivity index (χ2n) is 7.84. The molecule has 2 N–H and O–H groups in total. The summed E-state index contributed by atoms with van der Waals surface area (Å²) in [4.78, 5) is 28.9. The predicted octanol–water partition coefficient (Wildman–Crippen LogP) is 2.54. The fourth-order valence-electron chi connectivity index (χ4n) is 3.88. The number of hydrogen-bond donors (Lipinski definition) is 2. The second kappa shape index (κ2) is 9.26. The van der Waals surface area contributed by atoms with Crippen LogP contribution in [0.2, 0.25) is 0 Å². The highest BCUT2D eigenvalue weighted by atomic mass is 16.6. The normalized spacial score (nSPS) is 16.0. The van der Waals surface area contributed by atoms with Crippen LogP contribution in [0.25, 0.3) is 0 Å². The zero-order valence-electron chi connectivity index (χ0n) is 17.9. The molecule has 164 valence electrons. The molecule has 0 aromatic heterocycles. The van der Waals surface area contributed by atoms with Crippen LogP contribution >= 0.6 is 0 Å². The van der Waals surface area contributed by atoms with Crippen molar-refractivity contribution in [2.45, 2.75) is 13.8 Å². The fourth-order valence-corrected chi connectivity index (χ4v) is 3.88. The predicted molar refractivity (Wildman–Crippen MR) is 119 cm³/mol. The number of fused-ring (bicyclic) bond motifs is 1. The van der Waals surface area contributed by atoms with Crippen molar-refractivity contribution in [2.75, 3.05) is 56.2 Å². The van der Waals surface area contributed by atoms with Crippen LogP contribution in [0.4, 0.5) is 16.2 Å². The van der Waals surface area contributed by atoms with Gasteiger partial charge in [-0.25, -0.2) is 4.79 Å². The first-order valence-electron chi connectivity index (χ1n) is 10.5. The van der Waals surface area contributed by atoms with E-state index in [0.29, 0.717) is 30.4 Å². The molecule has 1 fully saturated rings. The summed E-state index contributed by atoms with van der Waals surface area (Å²) in [6, 6.07) is 10.9. The van der Waals surface area contributed by atoms with E-state index in [1.54, 1.807) is 18.2 Å². The summed E-state index contributed by atoms with van der Waals surface area (Å²) >= 11 is 0. The van der Waals surface area contributed by atoms with Crippen LogP contribution in [-0.2, 0) is 4.79 Å². The van der Waals surface area contributed by atoms with Crippen molar-refractivity contribution in [1.29, 1.82) is 0 Å².